The zero-order valence-electron chi connectivity index (χ0n) is 19.0. The molecule has 2 aliphatic heterocycles. The van der Waals surface area contributed by atoms with E-state index >= 15 is 0 Å². The zero-order valence-corrected chi connectivity index (χ0v) is 19.0. The minimum absolute atomic E-state index is 0.000459. The van der Waals surface area contributed by atoms with Crippen LogP contribution in [0, 0.1) is 0 Å². The molecule has 0 radical (unpaired) electrons. The molecule has 2 heterocycles. The van der Waals surface area contributed by atoms with E-state index in [1.165, 1.54) is 0 Å². The summed E-state index contributed by atoms with van der Waals surface area (Å²) >= 11 is 0. The molecule has 3 rings (SSSR count). The highest BCUT2D eigenvalue weighted by Crippen LogP contribution is 2.32. The van der Waals surface area contributed by atoms with Crippen LogP contribution < -0.4 is 25.4 Å². The maximum Gasteiger partial charge on any atom is 0.325 e. The Balaban J connectivity index is 1.41. The first-order valence-electron chi connectivity index (χ1n) is 10.9. The van der Waals surface area contributed by atoms with Crippen LogP contribution in [0.1, 0.15) is 27.2 Å². The van der Waals surface area contributed by atoms with Gasteiger partial charge in [-0.1, -0.05) is 0 Å². The van der Waals surface area contributed by atoms with Crippen molar-refractivity contribution in [1.29, 1.82) is 0 Å². The van der Waals surface area contributed by atoms with E-state index in [0.717, 1.165) is 19.5 Å². The summed E-state index contributed by atoms with van der Waals surface area (Å²) in [5.41, 5.74) is 0.256. The van der Waals surface area contributed by atoms with Crippen LogP contribution in [0.4, 0.5) is 10.5 Å². The molecule has 4 amide bonds. The maximum atomic E-state index is 12.3. The zero-order chi connectivity index (χ0) is 23.1. The highest BCUT2D eigenvalue weighted by Gasteiger charge is 2.21. The van der Waals surface area contributed by atoms with E-state index in [4.69, 9.17) is 9.47 Å². The van der Waals surface area contributed by atoms with Crippen LogP contribution in [0.2, 0.25) is 0 Å². The van der Waals surface area contributed by atoms with E-state index in [9.17, 15) is 14.4 Å². The van der Waals surface area contributed by atoms with Gasteiger partial charge in [-0.25, -0.2) is 4.79 Å². The Morgan fingerprint density at radius 2 is 1.53 bits per heavy atom. The summed E-state index contributed by atoms with van der Waals surface area (Å²) in [6, 6.07) is 4.48. The quantitative estimate of drug-likeness (QED) is 0.618. The van der Waals surface area contributed by atoms with Gasteiger partial charge in [-0.05, 0) is 52.4 Å². The fraction of sp³-hybridized carbons (Fsp3) is 0.591. The number of urea groups is 1. The number of nitrogens with one attached hydrogen (secondary N) is 3. The second kappa shape index (κ2) is 10.6. The Bertz CT molecular complexity index is 838. The van der Waals surface area contributed by atoms with Crippen molar-refractivity contribution in [2.45, 2.75) is 32.7 Å². The van der Waals surface area contributed by atoms with E-state index in [2.05, 4.69) is 20.9 Å². The van der Waals surface area contributed by atoms with Crippen molar-refractivity contribution in [2.75, 3.05) is 57.8 Å². The number of fused-ring (bicyclic) bond motifs is 1. The molecule has 32 heavy (non-hydrogen) atoms. The number of hydrogen-bond acceptors (Lipinski definition) is 7. The van der Waals surface area contributed by atoms with Gasteiger partial charge in [0.25, 0.3) is 0 Å². The highest BCUT2D eigenvalue weighted by molar-refractivity contribution is 6.01. The molecule has 0 aromatic heterocycles. The van der Waals surface area contributed by atoms with Gasteiger partial charge >= 0.3 is 6.03 Å². The maximum absolute atomic E-state index is 12.3. The van der Waals surface area contributed by atoms with Crippen molar-refractivity contribution in [3.8, 4) is 11.5 Å². The van der Waals surface area contributed by atoms with E-state index in [-0.39, 0.29) is 23.9 Å². The van der Waals surface area contributed by atoms with Crippen molar-refractivity contribution < 1.29 is 23.9 Å². The Morgan fingerprint density at radius 1 is 0.906 bits per heavy atom. The second-order valence-electron chi connectivity index (χ2n) is 9.06. The summed E-state index contributed by atoms with van der Waals surface area (Å²) < 4.78 is 11.0. The summed E-state index contributed by atoms with van der Waals surface area (Å²) in [5, 5.41) is 7.98. The molecule has 0 bridgehead atoms. The van der Waals surface area contributed by atoms with Crippen molar-refractivity contribution in [1.82, 2.24) is 20.4 Å². The first-order valence-corrected chi connectivity index (χ1v) is 10.9. The van der Waals surface area contributed by atoms with Gasteiger partial charge in [-0.15, -0.1) is 0 Å². The number of anilines is 1. The van der Waals surface area contributed by atoms with Gasteiger partial charge in [0.2, 0.25) is 11.8 Å². The van der Waals surface area contributed by atoms with Gasteiger partial charge in [-0.2, -0.15) is 0 Å². The van der Waals surface area contributed by atoms with Gasteiger partial charge in [0.15, 0.2) is 11.5 Å². The number of amides is 4. The summed E-state index contributed by atoms with van der Waals surface area (Å²) in [6.45, 7) is 10.1. The lowest BCUT2D eigenvalue weighted by Gasteiger charge is -2.25. The average molecular weight is 448 g/mol. The molecule has 10 nitrogen and oxygen atoms in total. The number of carbonyl (C=O) groups is 3. The minimum atomic E-state index is -0.595. The van der Waals surface area contributed by atoms with E-state index in [0.29, 0.717) is 50.0 Å². The Kier molecular flexibility index (Phi) is 7.92. The highest BCUT2D eigenvalue weighted by atomic mass is 16.6. The Morgan fingerprint density at radius 3 is 2.19 bits per heavy atom. The molecule has 0 aliphatic carbocycles. The van der Waals surface area contributed by atoms with Gasteiger partial charge in [0.1, 0.15) is 13.2 Å². The number of hydrogen-bond donors (Lipinski definition) is 3. The van der Waals surface area contributed by atoms with E-state index in [1.807, 2.05) is 25.7 Å². The van der Waals surface area contributed by atoms with Crippen LogP contribution >= 0.6 is 0 Å². The number of rotatable bonds is 5. The van der Waals surface area contributed by atoms with E-state index < -0.39 is 6.03 Å². The number of benzene rings is 1. The van der Waals surface area contributed by atoms with Crippen molar-refractivity contribution in [2.24, 2.45) is 0 Å². The molecule has 10 heteroatoms. The molecule has 0 unspecified atom stereocenters. The van der Waals surface area contributed by atoms with Crippen LogP contribution in [0.3, 0.4) is 0 Å². The normalized spacial score (nSPS) is 17.2. The fourth-order valence-corrected chi connectivity index (χ4v) is 3.65. The number of carbonyl (C=O) groups excluding carboxylic acids is 3. The average Bonchev–Trinajstić information content (AvgIpc) is 2.91. The topological polar surface area (TPSA) is 112 Å². The fourth-order valence-electron chi connectivity index (χ4n) is 3.65. The third kappa shape index (κ3) is 7.69. The molecule has 0 saturated carbocycles. The number of ether oxygens (including phenoxy) is 2. The molecule has 176 valence electrons. The number of imide groups is 1. The van der Waals surface area contributed by atoms with Gasteiger partial charge in [0, 0.05) is 30.4 Å². The van der Waals surface area contributed by atoms with Crippen molar-refractivity contribution in [3.05, 3.63) is 18.2 Å². The summed E-state index contributed by atoms with van der Waals surface area (Å²) in [7, 11) is 0. The van der Waals surface area contributed by atoms with Gasteiger partial charge in [-0.3, -0.25) is 24.7 Å². The molecular weight excluding hydrogens is 414 g/mol. The summed E-state index contributed by atoms with van der Waals surface area (Å²) in [6.07, 6.45) is 0.847. The van der Waals surface area contributed by atoms with E-state index in [1.54, 1.807) is 18.2 Å². The monoisotopic (exact) mass is 447 g/mol. The van der Waals surface area contributed by atoms with Crippen LogP contribution in [-0.2, 0) is 9.59 Å². The van der Waals surface area contributed by atoms with Gasteiger partial charge in [0.05, 0.1) is 13.1 Å². The SMILES string of the molecule is CC(C)(C)NC(=O)CN1CCCN(CC(=O)NC(=O)Nc2ccc3c(c2)OCCO3)CC1. The lowest BCUT2D eigenvalue weighted by Crippen LogP contribution is -2.47. The lowest BCUT2D eigenvalue weighted by atomic mass is 10.1. The first kappa shape index (κ1) is 23.8. The molecule has 1 fully saturated rings. The van der Waals surface area contributed by atoms with Crippen LogP contribution in [-0.4, -0.2) is 85.7 Å². The molecule has 1 aromatic rings. The first-order chi connectivity index (χ1) is 15.2. The van der Waals surface area contributed by atoms with Gasteiger partial charge < -0.3 is 20.1 Å². The second-order valence-corrected chi connectivity index (χ2v) is 9.06. The van der Waals surface area contributed by atoms with Crippen molar-refractivity contribution in [3.63, 3.8) is 0 Å². The Labute approximate surface area is 188 Å². The lowest BCUT2D eigenvalue weighted by molar-refractivity contribution is -0.124. The largest absolute Gasteiger partial charge is 0.486 e. The molecule has 0 atom stereocenters. The molecule has 2 aliphatic rings. The molecule has 3 N–H and O–H groups in total. The summed E-state index contributed by atoms with van der Waals surface area (Å²) in [5.74, 6) is 0.813. The molecule has 1 aromatic carbocycles. The predicted octanol–water partition coefficient (Wildman–Crippen LogP) is 1.03. The third-order valence-corrected chi connectivity index (χ3v) is 4.98. The number of nitrogens with zero attached hydrogens (tertiary/aromatic N) is 2. The van der Waals surface area contributed by atoms with Crippen LogP contribution in [0.5, 0.6) is 11.5 Å². The summed E-state index contributed by atoms with van der Waals surface area (Å²) in [4.78, 5) is 40.8. The van der Waals surface area contributed by atoms with Crippen LogP contribution in [0.15, 0.2) is 18.2 Å². The third-order valence-electron chi connectivity index (χ3n) is 4.98. The van der Waals surface area contributed by atoms with Crippen LogP contribution in [0.25, 0.3) is 0 Å². The molecule has 0 spiro atoms. The predicted molar refractivity (Wildman–Crippen MR) is 120 cm³/mol. The standard InChI is InChI=1S/C22H33N5O5/c1-22(2,3)25-20(29)15-27-8-4-7-26(9-10-27)14-19(28)24-21(30)23-16-5-6-17-18(13-16)32-12-11-31-17/h5-6,13H,4,7-12,14-15H2,1-3H3,(H,25,29)(H2,23,24,28,30). The Hall–Kier alpha value is -2.85. The molecule has 1 saturated heterocycles. The molecular formula is C22H33N5O5. The smallest absolute Gasteiger partial charge is 0.325 e. The minimum Gasteiger partial charge on any atom is -0.486 e. The van der Waals surface area contributed by atoms with Crippen molar-refractivity contribution >= 4 is 23.5 Å².